The summed E-state index contributed by atoms with van der Waals surface area (Å²) in [5.74, 6) is -0.0331. The molecule has 1 aromatic carbocycles. The van der Waals surface area contributed by atoms with E-state index in [1.807, 2.05) is 9.80 Å². The van der Waals surface area contributed by atoms with Crippen molar-refractivity contribution in [2.24, 2.45) is 5.92 Å². The number of nitrogens with one attached hydrogen (secondary N) is 1. The third kappa shape index (κ3) is 4.95. The quantitative estimate of drug-likeness (QED) is 0.743. The number of carbonyl (C=O) groups excluding carboxylic acids is 2. The summed E-state index contributed by atoms with van der Waals surface area (Å²) in [6.45, 7) is 3.34. The fourth-order valence-corrected chi connectivity index (χ4v) is 5.48. The Bertz CT molecular complexity index is 806. The van der Waals surface area contributed by atoms with Crippen LogP contribution in [-0.2, 0) is 9.53 Å². The van der Waals surface area contributed by atoms with Gasteiger partial charge in [-0.15, -0.1) is 0 Å². The molecular formula is C23H32FN3O4. The molecule has 0 aromatic heterocycles. The third-order valence-electron chi connectivity index (χ3n) is 6.79. The van der Waals surface area contributed by atoms with Gasteiger partial charge in [-0.25, -0.2) is 9.18 Å². The molecule has 3 saturated heterocycles. The summed E-state index contributed by atoms with van der Waals surface area (Å²) >= 11 is 0. The molecule has 2 bridgehead atoms. The van der Waals surface area contributed by atoms with Crippen LogP contribution in [0.25, 0.3) is 0 Å². The zero-order chi connectivity index (χ0) is 22.0. The van der Waals surface area contributed by atoms with E-state index in [2.05, 4.69) is 5.32 Å². The Morgan fingerprint density at radius 3 is 2.65 bits per heavy atom. The van der Waals surface area contributed by atoms with Crippen molar-refractivity contribution in [3.05, 3.63) is 24.0 Å². The topological polar surface area (TPSA) is 82.1 Å². The molecule has 7 nitrogen and oxygen atoms in total. The van der Waals surface area contributed by atoms with Gasteiger partial charge < -0.3 is 19.6 Å². The van der Waals surface area contributed by atoms with Crippen LogP contribution in [0.5, 0.6) is 0 Å². The number of hydrogen-bond donors (Lipinski definition) is 2. The summed E-state index contributed by atoms with van der Waals surface area (Å²) in [6, 6.07) is 5.00. The minimum Gasteiger partial charge on any atom is -0.450 e. The number of amides is 2. The van der Waals surface area contributed by atoms with Gasteiger partial charge in [0.15, 0.2) is 0 Å². The molecule has 31 heavy (non-hydrogen) atoms. The van der Waals surface area contributed by atoms with Crippen molar-refractivity contribution >= 4 is 23.4 Å². The van der Waals surface area contributed by atoms with Crippen LogP contribution < -0.4 is 10.2 Å². The van der Waals surface area contributed by atoms with Gasteiger partial charge in [0.05, 0.1) is 18.4 Å². The summed E-state index contributed by atoms with van der Waals surface area (Å²) in [5.41, 5.74) is 0.846. The van der Waals surface area contributed by atoms with Crippen molar-refractivity contribution in [2.75, 3.05) is 29.9 Å². The average molecular weight is 434 g/mol. The first kappa shape index (κ1) is 21.9. The second kappa shape index (κ2) is 9.42. The molecule has 0 saturated carbocycles. The highest BCUT2D eigenvalue weighted by atomic mass is 19.1. The lowest BCUT2D eigenvalue weighted by Crippen LogP contribution is -2.49. The van der Waals surface area contributed by atoms with Gasteiger partial charge in [-0.1, -0.05) is 0 Å². The summed E-state index contributed by atoms with van der Waals surface area (Å²) in [6.07, 6.45) is 4.81. The Labute approximate surface area is 182 Å². The van der Waals surface area contributed by atoms with E-state index in [1.165, 1.54) is 6.07 Å². The van der Waals surface area contributed by atoms with Crippen LogP contribution in [0.2, 0.25) is 0 Å². The van der Waals surface area contributed by atoms with Crippen LogP contribution >= 0.6 is 0 Å². The molecule has 170 valence electrons. The molecule has 2 amide bonds. The largest absolute Gasteiger partial charge is 0.450 e. The lowest BCUT2D eigenvalue weighted by atomic mass is 9.92. The molecule has 3 aliphatic heterocycles. The zero-order valence-electron chi connectivity index (χ0n) is 18.1. The number of hydrogen-bond acceptors (Lipinski definition) is 5. The molecule has 3 atom stereocenters. The molecule has 4 rings (SSSR count). The second-order valence-corrected chi connectivity index (χ2v) is 8.98. The van der Waals surface area contributed by atoms with Crippen LogP contribution in [0.15, 0.2) is 18.2 Å². The Balaban J connectivity index is 1.36. The lowest BCUT2D eigenvalue weighted by molar-refractivity contribution is -0.138. The summed E-state index contributed by atoms with van der Waals surface area (Å²) < 4.78 is 19.6. The second-order valence-electron chi connectivity index (χ2n) is 8.98. The normalized spacial score (nSPS) is 27.8. The predicted molar refractivity (Wildman–Crippen MR) is 115 cm³/mol. The Morgan fingerprint density at radius 2 is 1.97 bits per heavy atom. The first-order valence-electron chi connectivity index (χ1n) is 11.4. The Morgan fingerprint density at radius 1 is 1.23 bits per heavy atom. The Hall–Kier alpha value is -2.35. The Kier molecular flexibility index (Phi) is 6.65. The van der Waals surface area contributed by atoms with E-state index in [-0.39, 0.29) is 36.6 Å². The molecule has 8 heteroatoms. The number of fused-ring (bicyclic) bond motifs is 2. The molecule has 3 fully saturated rings. The van der Waals surface area contributed by atoms with Gasteiger partial charge in [0.2, 0.25) is 5.91 Å². The lowest BCUT2D eigenvalue weighted by Gasteiger charge is -2.39. The number of aliphatic hydroxyl groups is 1. The maximum atomic E-state index is 14.8. The van der Waals surface area contributed by atoms with Crippen molar-refractivity contribution in [2.45, 2.75) is 70.1 Å². The van der Waals surface area contributed by atoms with Gasteiger partial charge >= 0.3 is 6.09 Å². The fraction of sp³-hybridized carbons (Fsp3) is 0.652. The van der Waals surface area contributed by atoms with E-state index in [0.29, 0.717) is 37.2 Å². The SMILES string of the molecule is CCOC(=O)Nc1ccc(N2CCCC(CC(=O)N3C4CCC3CC(O)C4)C2)c(F)c1. The number of aliphatic hydroxyl groups excluding tert-OH is 1. The minimum absolute atomic E-state index is 0.179. The highest BCUT2D eigenvalue weighted by Gasteiger charge is 2.43. The number of anilines is 2. The molecule has 3 unspecified atom stereocenters. The number of rotatable bonds is 5. The number of ether oxygens (including phenoxy) is 1. The van der Waals surface area contributed by atoms with Crippen molar-refractivity contribution in [3.8, 4) is 0 Å². The predicted octanol–water partition coefficient (Wildman–Crippen LogP) is 3.51. The fourth-order valence-electron chi connectivity index (χ4n) is 5.48. The van der Waals surface area contributed by atoms with Gasteiger partial charge in [-0.3, -0.25) is 10.1 Å². The average Bonchev–Trinajstić information content (AvgIpc) is 3.00. The standard InChI is InChI=1S/C23H32FN3O4/c1-2-31-23(30)25-16-5-8-21(20(24)11-16)26-9-3-4-15(14-26)10-22(29)27-17-6-7-18(27)13-19(28)12-17/h5,8,11,15,17-19,28H,2-4,6-7,9-10,12-14H2,1H3,(H,25,30). The third-order valence-corrected chi connectivity index (χ3v) is 6.79. The molecular weight excluding hydrogens is 401 g/mol. The van der Waals surface area contributed by atoms with Crippen LogP contribution in [-0.4, -0.2) is 59.9 Å². The summed E-state index contributed by atoms with van der Waals surface area (Å²) in [7, 11) is 0. The van der Waals surface area contributed by atoms with E-state index >= 15 is 0 Å². The van der Waals surface area contributed by atoms with Crippen LogP contribution in [0.4, 0.5) is 20.6 Å². The van der Waals surface area contributed by atoms with E-state index in [4.69, 9.17) is 4.74 Å². The van der Waals surface area contributed by atoms with E-state index in [9.17, 15) is 19.1 Å². The molecule has 2 N–H and O–H groups in total. The zero-order valence-corrected chi connectivity index (χ0v) is 18.1. The maximum Gasteiger partial charge on any atom is 0.411 e. The molecule has 0 aliphatic carbocycles. The van der Waals surface area contributed by atoms with Crippen molar-refractivity contribution < 1.29 is 23.8 Å². The highest BCUT2D eigenvalue weighted by molar-refractivity contribution is 5.85. The monoisotopic (exact) mass is 433 g/mol. The number of piperidine rings is 2. The van der Waals surface area contributed by atoms with E-state index < -0.39 is 11.9 Å². The number of nitrogens with zero attached hydrogens (tertiary/aromatic N) is 2. The first-order chi connectivity index (χ1) is 14.9. The van der Waals surface area contributed by atoms with Gasteiger partial charge in [-0.05, 0) is 69.6 Å². The summed E-state index contributed by atoms with van der Waals surface area (Å²) in [4.78, 5) is 28.6. The molecule has 1 aromatic rings. The van der Waals surface area contributed by atoms with Crippen molar-refractivity contribution in [1.82, 2.24) is 4.90 Å². The van der Waals surface area contributed by atoms with Gasteiger partial charge in [0, 0.05) is 37.3 Å². The smallest absolute Gasteiger partial charge is 0.411 e. The molecule has 3 aliphatic rings. The minimum atomic E-state index is -0.606. The van der Waals surface area contributed by atoms with E-state index in [0.717, 1.165) is 32.2 Å². The van der Waals surface area contributed by atoms with Crippen LogP contribution in [0, 0.1) is 11.7 Å². The maximum absolute atomic E-state index is 14.8. The van der Waals surface area contributed by atoms with Crippen LogP contribution in [0.1, 0.15) is 51.9 Å². The summed E-state index contributed by atoms with van der Waals surface area (Å²) in [5, 5.41) is 12.5. The molecule has 3 heterocycles. The van der Waals surface area contributed by atoms with E-state index in [1.54, 1.807) is 19.1 Å². The number of benzene rings is 1. The first-order valence-corrected chi connectivity index (χ1v) is 11.4. The number of carbonyl (C=O) groups is 2. The van der Waals surface area contributed by atoms with Gasteiger partial charge in [-0.2, -0.15) is 0 Å². The molecule has 0 spiro atoms. The van der Waals surface area contributed by atoms with Crippen molar-refractivity contribution in [1.29, 1.82) is 0 Å². The molecule has 0 radical (unpaired) electrons. The van der Waals surface area contributed by atoms with Gasteiger partial charge in [0.1, 0.15) is 5.82 Å². The highest BCUT2D eigenvalue weighted by Crippen LogP contribution is 2.37. The number of halogens is 1. The van der Waals surface area contributed by atoms with Crippen LogP contribution in [0.3, 0.4) is 0 Å². The van der Waals surface area contributed by atoms with Gasteiger partial charge in [0.25, 0.3) is 0 Å². The van der Waals surface area contributed by atoms with Crippen molar-refractivity contribution in [3.63, 3.8) is 0 Å².